The number of phosphoric ester groups is 1. The van der Waals surface area contributed by atoms with Gasteiger partial charge in [0.2, 0.25) is 0 Å². The second kappa shape index (κ2) is 13.2. The fourth-order valence-corrected chi connectivity index (χ4v) is 6.64. The van der Waals surface area contributed by atoms with Crippen molar-refractivity contribution in [2.45, 2.75) is 24.9 Å². The number of anilines is 1. The topological polar surface area (TPSA) is 270 Å². The third-order valence-corrected chi connectivity index (χ3v) is 8.81. The van der Waals surface area contributed by atoms with Crippen LogP contribution in [0.5, 0.6) is 0 Å². The SMILES string of the molecule is C=CCOCO[C@@H]1C[C@H](n2cc(/C=C/CN)c3c(N)ncnc32)OC1COP(=O)(O)OP(=O)(O)OP(=O)(O)O. The Bertz CT molecular complexity index is 1330. The normalized spacial score (nSPS) is 23.3. The van der Waals surface area contributed by atoms with Crippen LogP contribution in [0.2, 0.25) is 0 Å². The molecule has 1 aliphatic heterocycles. The molecule has 1 aliphatic rings. The largest absolute Gasteiger partial charge is 0.490 e. The van der Waals surface area contributed by atoms with Crippen LogP contribution in [0.15, 0.2) is 31.3 Å². The third kappa shape index (κ3) is 9.08. The highest BCUT2D eigenvalue weighted by Crippen LogP contribution is 2.66. The minimum absolute atomic E-state index is 0.162. The highest BCUT2D eigenvalue weighted by molar-refractivity contribution is 7.66. The summed E-state index contributed by atoms with van der Waals surface area (Å²) < 4.78 is 65.4. The summed E-state index contributed by atoms with van der Waals surface area (Å²) in [7, 11) is -16.6. The lowest BCUT2D eigenvalue weighted by Crippen LogP contribution is -2.29. The van der Waals surface area contributed by atoms with Gasteiger partial charge in [0.15, 0.2) is 0 Å². The molecule has 21 heteroatoms. The smallest absolute Gasteiger partial charge is 0.383 e. The Labute approximate surface area is 221 Å². The first-order valence-corrected chi connectivity index (χ1v) is 15.5. The van der Waals surface area contributed by atoms with Gasteiger partial charge in [0, 0.05) is 24.7 Å². The maximum Gasteiger partial charge on any atom is 0.490 e. The molecule has 218 valence electrons. The summed E-state index contributed by atoms with van der Waals surface area (Å²) in [4.78, 5) is 44.8. The molecule has 0 amide bonds. The van der Waals surface area contributed by atoms with Gasteiger partial charge in [-0.1, -0.05) is 18.2 Å². The number of phosphoric acid groups is 3. The maximum absolute atomic E-state index is 12.2. The Kier molecular flexibility index (Phi) is 10.7. The molecule has 0 aliphatic carbocycles. The van der Waals surface area contributed by atoms with Crippen LogP contribution in [0.3, 0.4) is 0 Å². The molecule has 3 heterocycles. The number of nitrogen functional groups attached to an aromatic ring is 1. The Morgan fingerprint density at radius 1 is 1.18 bits per heavy atom. The first-order chi connectivity index (χ1) is 18.3. The van der Waals surface area contributed by atoms with Gasteiger partial charge in [-0.25, -0.2) is 23.7 Å². The lowest BCUT2D eigenvalue weighted by Gasteiger charge is -2.21. The summed E-state index contributed by atoms with van der Waals surface area (Å²) in [5.41, 5.74) is 12.7. The second-order valence-electron chi connectivity index (χ2n) is 7.82. The highest BCUT2D eigenvalue weighted by atomic mass is 31.3. The maximum atomic E-state index is 12.2. The van der Waals surface area contributed by atoms with E-state index in [4.69, 9.17) is 40.0 Å². The van der Waals surface area contributed by atoms with E-state index in [0.29, 0.717) is 16.6 Å². The zero-order chi connectivity index (χ0) is 28.8. The van der Waals surface area contributed by atoms with Gasteiger partial charge in [-0.2, -0.15) is 8.62 Å². The second-order valence-corrected chi connectivity index (χ2v) is 12.2. The Hall–Kier alpha value is -1.85. The Morgan fingerprint density at radius 2 is 1.92 bits per heavy atom. The summed E-state index contributed by atoms with van der Waals surface area (Å²) in [5.74, 6) is 0.211. The Morgan fingerprint density at radius 3 is 2.59 bits per heavy atom. The summed E-state index contributed by atoms with van der Waals surface area (Å²) in [5, 5.41) is 0.536. The van der Waals surface area contributed by atoms with Crippen LogP contribution < -0.4 is 11.5 Å². The molecule has 8 N–H and O–H groups in total. The average molecular weight is 615 g/mol. The average Bonchev–Trinajstić information content (AvgIpc) is 3.39. The van der Waals surface area contributed by atoms with E-state index in [-0.39, 0.29) is 32.2 Å². The number of hydrogen-bond acceptors (Lipinski definition) is 13. The van der Waals surface area contributed by atoms with E-state index in [2.05, 4.69) is 25.2 Å². The molecule has 1 saturated heterocycles. The van der Waals surface area contributed by atoms with Gasteiger partial charge in [-0.05, 0) is 0 Å². The van der Waals surface area contributed by atoms with Crippen LogP contribution >= 0.6 is 23.5 Å². The lowest BCUT2D eigenvalue weighted by molar-refractivity contribution is -0.112. The first kappa shape index (κ1) is 31.7. The number of rotatable bonds is 15. The number of hydrogen-bond donors (Lipinski definition) is 6. The van der Waals surface area contributed by atoms with Gasteiger partial charge >= 0.3 is 23.5 Å². The first-order valence-electron chi connectivity index (χ1n) is 11.0. The fraction of sp³-hybridized carbons (Fsp3) is 0.444. The predicted molar refractivity (Wildman–Crippen MR) is 134 cm³/mol. The van der Waals surface area contributed by atoms with Crippen molar-refractivity contribution in [2.24, 2.45) is 5.73 Å². The molecular formula is C18H28N5O13P3. The van der Waals surface area contributed by atoms with E-state index >= 15 is 0 Å². The van der Waals surface area contributed by atoms with E-state index in [0.717, 1.165) is 0 Å². The molecule has 5 atom stereocenters. The van der Waals surface area contributed by atoms with Gasteiger partial charge < -0.3 is 49.8 Å². The van der Waals surface area contributed by atoms with E-state index in [1.54, 1.807) is 22.9 Å². The van der Waals surface area contributed by atoms with E-state index < -0.39 is 48.5 Å². The molecule has 18 nitrogen and oxygen atoms in total. The van der Waals surface area contributed by atoms with Crippen molar-refractivity contribution in [1.29, 1.82) is 0 Å². The van der Waals surface area contributed by atoms with Crippen LogP contribution in [0.25, 0.3) is 17.1 Å². The van der Waals surface area contributed by atoms with Gasteiger partial charge in [-0.15, -0.1) is 6.58 Å². The van der Waals surface area contributed by atoms with Crippen molar-refractivity contribution in [2.75, 3.05) is 32.3 Å². The van der Waals surface area contributed by atoms with Crippen LogP contribution in [0.1, 0.15) is 18.2 Å². The van der Waals surface area contributed by atoms with Gasteiger partial charge in [0.1, 0.15) is 36.9 Å². The molecule has 2 aromatic rings. The third-order valence-electron chi connectivity index (χ3n) is 5.01. The summed E-state index contributed by atoms with van der Waals surface area (Å²) in [6.07, 6.45) is 5.44. The van der Waals surface area contributed by atoms with Crippen molar-refractivity contribution < 1.29 is 60.6 Å². The summed E-state index contributed by atoms with van der Waals surface area (Å²) in [6, 6.07) is 0. The van der Waals surface area contributed by atoms with Crippen molar-refractivity contribution in [3.8, 4) is 0 Å². The molecule has 0 radical (unpaired) electrons. The quantitative estimate of drug-likeness (QED) is 0.0710. The van der Waals surface area contributed by atoms with Gasteiger partial charge in [0.05, 0.1) is 24.7 Å². The molecule has 2 aromatic heterocycles. The monoisotopic (exact) mass is 615 g/mol. The molecule has 0 spiro atoms. The van der Waals surface area contributed by atoms with Crippen molar-refractivity contribution in [3.63, 3.8) is 0 Å². The molecular weight excluding hydrogens is 587 g/mol. The molecule has 39 heavy (non-hydrogen) atoms. The molecule has 3 unspecified atom stereocenters. The number of fused-ring (bicyclic) bond motifs is 1. The van der Waals surface area contributed by atoms with Crippen molar-refractivity contribution >= 4 is 46.4 Å². The fourth-order valence-electron chi connectivity index (χ4n) is 3.61. The zero-order valence-corrected chi connectivity index (χ0v) is 22.8. The standard InChI is InChI=1S/C18H28N5O13P3/c1-2-6-31-11-32-13-7-15(23-8-12(4-3-5-19)16-17(20)21-10-22-18(16)23)34-14(13)9-33-38(27,28)36-39(29,30)35-37(24,25)26/h2-4,8,10,13-15H,1,5-7,9,11,19H2,(H,27,28)(H,29,30)(H2,20,21,22)(H2,24,25,26)/b4-3+/t13-,14?,15-/m1/s1. The van der Waals surface area contributed by atoms with Gasteiger partial charge in [0.25, 0.3) is 0 Å². The van der Waals surface area contributed by atoms with Crippen LogP contribution in [0.4, 0.5) is 5.82 Å². The van der Waals surface area contributed by atoms with Crippen molar-refractivity contribution in [3.05, 3.63) is 36.8 Å². The minimum atomic E-state index is -5.68. The molecule has 0 saturated carbocycles. The van der Waals surface area contributed by atoms with E-state index in [1.807, 2.05) is 0 Å². The number of nitrogens with zero attached hydrogens (tertiary/aromatic N) is 3. The predicted octanol–water partition coefficient (Wildman–Crippen LogP) is 1.16. The Balaban J connectivity index is 1.81. The lowest BCUT2D eigenvalue weighted by atomic mass is 10.2. The van der Waals surface area contributed by atoms with E-state index in [9.17, 15) is 23.5 Å². The van der Waals surface area contributed by atoms with E-state index in [1.165, 1.54) is 12.4 Å². The van der Waals surface area contributed by atoms with Crippen LogP contribution in [-0.2, 0) is 41.1 Å². The van der Waals surface area contributed by atoms with Crippen LogP contribution in [0, 0.1) is 0 Å². The van der Waals surface area contributed by atoms with Crippen LogP contribution in [-0.4, -0.2) is 72.9 Å². The van der Waals surface area contributed by atoms with Gasteiger partial charge in [-0.3, -0.25) is 4.52 Å². The zero-order valence-electron chi connectivity index (χ0n) is 20.2. The van der Waals surface area contributed by atoms with Crippen molar-refractivity contribution in [1.82, 2.24) is 14.5 Å². The molecule has 1 fully saturated rings. The number of aromatic nitrogens is 3. The summed E-state index contributed by atoms with van der Waals surface area (Å²) >= 11 is 0. The molecule has 0 bridgehead atoms. The molecule has 0 aromatic carbocycles. The number of nitrogens with two attached hydrogens (primary N) is 2. The summed E-state index contributed by atoms with van der Waals surface area (Å²) in [6.45, 7) is 3.05. The highest BCUT2D eigenvalue weighted by Gasteiger charge is 2.43. The molecule has 3 rings (SSSR count). The number of ether oxygens (including phenoxy) is 3. The minimum Gasteiger partial charge on any atom is -0.383 e.